The smallest absolute Gasteiger partial charge is 0.202 e. The highest BCUT2D eigenvalue weighted by atomic mass is 19.2. The van der Waals surface area contributed by atoms with E-state index in [1.165, 1.54) is 12.1 Å². The number of anilines is 1. The van der Waals surface area contributed by atoms with Crippen molar-refractivity contribution in [1.82, 2.24) is 39.9 Å². The molecule has 4 rings (SSSR count). The van der Waals surface area contributed by atoms with Crippen molar-refractivity contribution in [3.63, 3.8) is 0 Å². The fourth-order valence-electron chi connectivity index (χ4n) is 3.68. The van der Waals surface area contributed by atoms with E-state index >= 15 is 4.39 Å². The Morgan fingerprint density at radius 2 is 1.92 bits per heavy atom. The molecule has 2 N–H and O–H groups in total. The molecule has 0 saturated carbocycles. The van der Waals surface area contributed by atoms with E-state index in [0.717, 1.165) is 28.9 Å². The van der Waals surface area contributed by atoms with Crippen LogP contribution < -0.4 is 10.5 Å². The van der Waals surface area contributed by atoms with Crippen LogP contribution in [0.15, 0.2) is 36.8 Å². The zero-order valence-electron chi connectivity index (χ0n) is 20.7. The summed E-state index contributed by atoms with van der Waals surface area (Å²) in [5.74, 6) is -1.72. The molecule has 10 nitrogen and oxygen atoms in total. The highest BCUT2D eigenvalue weighted by Gasteiger charge is 2.22. The number of aromatic nitrogens is 7. The standard InChI is InChI=1S/C24H29F2N9O/c1-15(2)13-34-14-17(12-29-34)16-10-18(23(27)28-11-16)24-30-31-32-35(24)19-6-7-20(22(26)21(19)25)36-9-5-8-33(3)4/h6-7,10-12,14-15H,5,8-9,13H2,1-4H3,(H2,27,28). The lowest BCUT2D eigenvalue weighted by atomic mass is 10.1. The molecule has 0 radical (unpaired) electrons. The lowest BCUT2D eigenvalue weighted by molar-refractivity contribution is 0.267. The van der Waals surface area contributed by atoms with Crippen LogP contribution in [0.3, 0.4) is 0 Å². The summed E-state index contributed by atoms with van der Waals surface area (Å²) in [5.41, 5.74) is 7.88. The average molecular weight is 498 g/mol. The van der Waals surface area contributed by atoms with Crippen LogP contribution in [-0.4, -0.2) is 67.1 Å². The van der Waals surface area contributed by atoms with Crippen LogP contribution in [0.25, 0.3) is 28.2 Å². The molecule has 1 aromatic carbocycles. The van der Waals surface area contributed by atoms with Crippen molar-refractivity contribution in [2.75, 3.05) is 33.0 Å². The first-order valence-electron chi connectivity index (χ1n) is 11.6. The Hall–Kier alpha value is -3.93. The molecule has 190 valence electrons. The number of hydrogen-bond donors (Lipinski definition) is 1. The first-order valence-corrected chi connectivity index (χ1v) is 11.6. The van der Waals surface area contributed by atoms with Crippen LogP contribution in [0.1, 0.15) is 20.3 Å². The number of nitrogens with two attached hydrogens (primary N) is 1. The Labute approximate surface area is 207 Å². The molecule has 4 aromatic rings. The summed E-state index contributed by atoms with van der Waals surface area (Å²) < 4.78 is 38.2. The normalized spacial score (nSPS) is 11.6. The van der Waals surface area contributed by atoms with Crippen molar-refractivity contribution in [2.45, 2.75) is 26.8 Å². The van der Waals surface area contributed by atoms with Gasteiger partial charge < -0.3 is 15.4 Å². The van der Waals surface area contributed by atoms with Gasteiger partial charge in [-0.25, -0.2) is 9.37 Å². The summed E-state index contributed by atoms with van der Waals surface area (Å²) in [6, 6.07) is 4.47. The molecule has 0 unspecified atom stereocenters. The van der Waals surface area contributed by atoms with E-state index in [9.17, 15) is 4.39 Å². The van der Waals surface area contributed by atoms with Gasteiger partial charge in [-0.05, 0) is 55.1 Å². The van der Waals surface area contributed by atoms with E-state index in [0.29, 0.717) is 17.9 Å². The van der Waals surface area contributed by atoms with Crippen LogP contribution in [0, 0.1) is 17.6 Å². The van der Waals surface area contributed by atoms with Gasteiger partial charge in [0.15, 0.2) is 17.4 Å². The molecule has 3 heterocycles. The minimum atomic E-state index is -1.13. The Morgan fingerprint density at radius 3 is 2.67 bits per heavy atom. The number of benzene rings is 1. The van der Waals surface area contributed by atoms with Gasteiger partial charge in [0, 0.05) is 36.6 Å². The maximum absolute atomic E-state index is 15.1. The number of hydrogen-bond acceptors (Lipinski definition) is 8. The van der Waals surface area contributed by atoms with Gasteiger partial charge in [-0.1, -0.05) is 13.8 Å². The van der Waals surface area contributed by atoms with Gasteiger partial charge in [0.05, 0.1) is 18.4 Å². The number of halogens is 2. The number of nitrogens with zero attached hydrogens (tertiary/aromatic N) is 8. The minimum Gasteiger partial charge on any atom is -0.490 e. The molecule has 0 aliphatic carbocycles. The van der Waals surface area contributed by atoms with Gasteiger partial charge in [-0.3, -0.25) is 4.68 Å². The summed E-state index contributed by atoms with van der Waals surface area (Å²) in [6.45, 7) is 6.01. The molecular weight excluding hydrogens is 468 g/mol. The second-order valence-corrected chi connectivity index (χ2v) is 9.13. The van der Waals surface area contributed by atoms with Crippen LogP contribution in [0.2, 0.25) is 0 Å². The Bertz CT molecular complexity index is 1330. The van der Waals surface area contributed by atoms with Crippen molar-refractivity contribution in [3.8, 4) is 34.0 Å². The lowest BCUT2D eigenvalue weighted by Crippen LogP contribution is -2.16. The third-order valence-corrected chi connectivity index (χ3v) is 5.41. The first-order chi connectivity index (χ1) is 17.2. The van der Waals surface area contributed by atoms with E-state index in [-0.39, 0.29) is 29.7 Å². The average Bonchev–Trinajstić information content (AvgIpc) is 3.49. The Balaban J connectivity index is 1.63. The topological polar surface area (TPSA) is 113 Å². The maximum atomic E-state index is 15.1. The highest BCUT2D eigenvalue weighted by Crippen LogP contribution is 2.31. The Kier molecular flexibility index (Phi) is 7.53. The molecule has 0 bridgehead atoms. The number of nitrogen functional groups attached to an aromatic ring is 1. The molecule has 0 spiro atoms. The molecule has 0 amide bonds. The van der Waals surface area contributed by atoms with Crippen LogP contribution in [-0.2, 0) is 6.54 Å². The Morgan fingerprint density at radius 1 is 1.11 bits per heavy atom. The maximum Gasteiger partial charge on any atom is 0.202 e. The predicted molar refractivity (Wildman–Crippen MR) is 131 cm³/mol. The molecule has 0 aliphatic heterocycles. The van der Waals surface area contributed by atoms with Crippen molar-refractivity contribution in [3.05, 3.63) is 48.4 Å². The molecule has 0 fully saturated rings. The van der Waals surface area contributed by atoms with E-state index in [1.54, 1.807) is 18.5 Å². The van der Waals surface area contributed by atoms with Gasteiger partial charge in [-0.15, -0.1) is 5.10 Å². The second-order valence-electron chi connectivity index (χ2n) is 9.13. The summed E-state index contributed by atoms with van der Waals surface area (Å²) in [4.78, 5) is 6.25. The van der Waals surface area contributed by atoms with E-state index in [1.807, 2.05) is 29.9 Å². The number of rotatable bonds is 10. The third-order valence-electron chi connectivity index (χ3n) is 5.41. The molecule has 3 aromatic heterocycles. The van der Waals surface area contributed by atoms with Gasteiger partial charge >= 0.3 is 0 Å². The number of ether oxygens (including phenoxy) is 1. The van der Waals surface area contributed by atoms with Crippen molar-refractivity contribution >= 4 is 5.82 Å². The van der Waals surface area contributed by atoms with Gasteiger partial charge in [0.2, 0.25) is 5.82 Å². The molecular formula is C24H29F2N9O. The third kappa shape index (κ3) is 5.48. The van der Waals surface area contributed by atoms with E-state index in [2.05, 4.69) is 39.5 Å². The number of tetrazole rings is 1. The fourth-order valence-corrected chi connectivity index (χ4v) is 3.68. The molecule has 0 atom stereocenters. The second kappa shape index (κ2) is 10.8. The van der Waals surface area contributed by atoms with Crippen LogP contribution in [0.4, 0.5) is 14.6 Å². The van der Waals surface area contributed by atoms with Crippen LogP contribution >= 0.6 is 0 Å². The van der Waals surface area contributed by atoms with Gasteiger partial charge in [0.1, 0.15) is 11.5 Å². The zero-order chi connectivity index (χ0) is 25.8. The summed E-state index contributed by atoms with van der Waals surface area (Å²) in [5, 5.41) is 15.9. The fraction of sp³-hybridized carbons (Fsp3) is 0.375. The molecule has 12 heteroatoms. The lowest BCUT2D eigenvalue weighted by Gasteiger charge is -2.13. The highest BCUT2D eigenvalue weighted by molar-refractivity contribution is 5.76. The van der Waals surface area contributed by atoms with Crippen molar-refractivity contribution in [1.29, 1.82) is 0 Å². The molecule has 0 aliphatic rings. The summed E-state index contributed by atoms with van der Waals surface area (Å²) in [6.07, 6.45) is 5.93. The quantitative estimate of drug-likeness (QED) is 0.332. The number of pyridine rings is 1. The van der Waals surface area contributed by atoms with Crippen LogP contribution in [0.5, 0.6) is 5.75 Å². The van der Waals surface area contributed by atoms with E-state index in [4.69, 9.17) is 10.5 Å². The van der Waals surface area contributed by atoms with Crippen molar-refractivity contribution < 1.29 is 13.5 Å². The summed E-state index contributed by atoms with van der Waals surface area (Å²) >= 11 is 0. The predicted octanol–water partition coefficient (Wildman–Crippen LogP) is 3.43. The largest absolute Gasteiger partial charge is 0.490 e. The van der Waals surface area contributed by atoms with Gasteiger partial charge in [-0.2, -0.15) is 14.2 Å². The molecule has 36 heavy (non-hydrogen) atoms. The van der Waals surface area contributed by atoms with Gasteiger partial charge in [0.25, 0.3) is 0 Å². The summed E-state index contributed by atoms with van der Waals surface area (Å²) in [7, 11) is 3.85. The SMILES string of the molecule is CC(C)Cn1cc(-c2cnc(N)c(-c3nnnn3-c3ccc(OCCCN(C)C)c(F)c3F)c2)cn1. The zero-order valence-corrected chi connectivity index (χ0v) is 20.7. The monoisotopic (exact) mass is 497 g/mol. The minimum absolute atomic E-state index is 0.120. The first kappa shape index (κ1) is 25.2. The van der Waals surface area contributed by atoms with Crippen molar-refractivity contribution in [2.24, 2.45) is 5.92 Å². The molecule has 0 saturated heterocycles. The van der Waals surface area contributed by atoms with E-state index < -0.39 is 11.6 Å².